The molecular weight excluding hydrogens is 98.1 g/mol. The first-order valence-corrected chi connectivity index (χ1v) is 2.52. The molecule has 0 saturated heterocycles. The molecule has 0 amide bonds. The summed E-state index contributed by atoms with van der Waals surface area (Å²) in [6.45, 7) is 8.93. The van der Waals surface area contributed by atoms with Crippen LogP contribution in [-0.4, -0.2) is 5.71 Å². The zero-order valence-electron chi connectivity index (χ0n) is 5.20. The average molecular weight is 109 g/mol. The zero-order valence-corrected chi connectivity index (χ0v) is 5.20. The first kappa shape index (κ1) is 7.15. The second-order valence-electron chi connectivity index (χ2n) is 1.75. The Hall–Kier alpha value is -0.850. The van der Waals surface area contributed by atoms with Crippen LogP contribution in [0.4, 0.5) is 0 Å². The van der Waals surface area contributed by atoms with Crippen LogP contribution in [0.2, 0.25) is 0 Å². The van der Waals surface area contributed by atoms with Crippen molar-refractivity contribution in [1.82, 2.24) is 0 Å². The van der Waals surface area contributed by atoms with Crippen LogP contribution in [0.3, 0.4) is 0 Å². The minimum absolute atomic E-state index is 0.569. The van der Waals surface area contributed by atoms with Crippen molar-refractivity contribution in [2.45, 2.75) is 13.3 Å². The second-order valence-corrected chi connectivity index (χ2v) is 1.75. The van der Waals surface area contributed by atoms with Gasteiger partial charge in [0.05, 0.1) is 0 Å². The summed E-state index contributed by atoms with van der Waals surface area (Å²) in [4.78, 5) is 0. The maximum atomic E-state index is 7.17. The SMILES string of the molecule is C=CCC(=N)C(=C)C. The minimum Gasteiger partial charge on any atom is -0.305 e. The Labute approximate surface area is 50.2 Å². The van der Waals surface area contributed by atoms with Crippen LogP contribution in [0, 0.1) is 5.41 Å². The summed E-state index contributed by atoms with van der Waals surface area (Å²) in [5.41, 5.74) is 1.39. The van der Waals surface area contributed by atoms with Crippen molar-refractivity contribution in [3.8, 4) is 0 Å². The highest BCUT2D eigenvalue weighted by molar-refractivity contribution is 5.97. The predicted octanol–water partition coefficient (Wildman–Crippen LogP) is 2.16. The number of nitrogens with one attached hydrogen (secondary N) is 1. The fourth-order valence-corrected chi connectivity index (χ4v) is 0.319. The first-order valence-electron chi connectivity index (χ1n) is 2.52. The van der Waals surface area contributed by atoms with Crippen LogP contribution < -0.4 is 0 Å². The molecule has 0 heterocycles. The molecule has 0 saturated carbocycles. The van der Waals surface area contributed by atoms with E-state index in [1.807, 2.05) is 6.92 Å². The fourth-order valence-electron chi connectivity index (χ4n) is 0.319. The summed E-state index contributed by atoms with van der Waals surface area (Å²) in [5, 5.41) is 7.17. The predicted molar refractivity (Wildman–Crippen MR) is 37.4 cm³/mol. The van der Waals surface area contributed by atoms with Gasteiger partial charge in [-0.2, -0.15) is 0 Å². The summed E-state index contributed by atoms with van der Waals surface area (Å²) in [5.74, 6) is 0. The van der Waals surface area contributed by atoms with E-state index in [1.54, 1.807) is 6.08 Å². The van der Waals surface area contributed by atoms with Gasteiger partial charge in [0.2, 0.25) is 0 Å². The number of hydrogen-bond acceptors (Lipinski definition) is 1. The summed E-state index contributed by atoms with van der Waals surface area (Å²) in [6.07, 6.45) is 2.34. The summed E-state index contributed by atoms with van der Waals surface area (Å²) < 4.78 is 0. The molecule has 0 aliphatic carbocycles. The quantitative estimate of drug-likeness (QED) is 0.424. The van der Waals surface area contributed by atoms with Gasteiger partial charge in [-0.25, -0.2) is 0 Å². The largest absolute Gasteiger partial charge is 0.305 e. The molecule has 1 nitrogen and oxygen atoms in total. The molecule has 0 aromatic carbocycles. The van der Waals surface area contributed by atoms with Gasteiger partial charge in [0, 0.05) is 12.1 Å². The maximum absolute atomic E-state index is 7.17. The standard InChI is InChI=1S/C7H11N/c1-4-5-7(8)6(2)3/h4,8H,1-2,5H2,3H3. The van der Waals surface area contributed by atoms with Gasteiger partial charge in [-0.15, -0.1) is 6.58 Å². The van der Waals surface area contributed by atoms with Crippen LogP contribution in [-0.2, 0) is 0 Å². The Morgan fingerprint density at radius 3 is 2.38 bits per heavy atom. The van der Waals surface area contributed by atoms with E-state index < -0.39 is 0 Å². The molecule has 0 aromatic rings. The molecule has 0 fully saturated rings. The van der Waals surface area contributed by atoms with E-state index in [-0.39, 0.29) is 0 Å². The van der Waals surface area contributed by atoms with E-state index in [0.717, 1.165) is 5.57 Å². The molecule has 0 aromatic heterocycles. The Morgan fingerprint density at radius 1 is 1.75 bits per heavy atom. The molecule has 1 N–H and O–H groups in total. The molecule has 0 spiro atoms. The van der Waals surface area contributed by atoms with E-state index in [9.17, 15) is 0 Å². The van der Waals surface area contributed by atoms with Crippen molar-refractivity contribution in [3.05, 3.63) is 24.8 Å². The van der Waals surface area contributed by atoms with E-state index in [0.29, 0.717) is 12.1 Å². The molecular formula is C7H11N. The Morgan fingerprint density at radius 2 is 2.25 bits per heavy atom. The Balaban J connectivity index is 3.65. The van der Waals surface area contributed by atoms with Crippen LogP contribution in [0.1, 0.15) is 13.3 Å². The highest BCUT2D eigenvalue weighted by atomic mass is 14.4. The maximum Gasteiger partial charge on any atom is 0.0374 e. The van der Waals surface area contributed by atoms with Crippen molar-refractivity contribution in [2.75, 3.05) is 0 Å². The molecule has 0 aliphatic heterocycles. The molecule has 0 bridgehead atoms. The third-order valence-electron chi connectivity index (χ3n) is 0.864. The first-order chi connectivity index (χ1) is 3.68. The number of allylic oxidation sites excluding steroid dienone is 2. The van der Waals surface area contributed by atoms with Crippen LogP contribution in [0.5, 0.6) is 0 Å². The Kier molecular flexibility index (Phi) is 2.85. The molecule has 1 heteroatoms. The van der Waals surface area contributed by atoms with E-state index in [4.69, 9.17) is 5.41 Å². The Bertz CT molecular complexity index is 122. The molecule has 44 valence electrons. The summed E-state index contributed by atoms with van der Waals surface area (Å²) >= 11 is 0. The summed E-state index contributed by atoms with van der Waals surface area (Å²) in [6, 6.07) is 0. The number of rotatable bonds is 3. The normalized spacial score (nSPS) is 8.12. The van der Waals surface area contributed by atoms with E-state index >= 15 is 0 Å². The monoisotopic (exact) mass is 109 g/mol. The van der Waals surface area contributed by atoms with Crippen LogP contribution in [0.15, 0.2) is 24.8 Å². The lowest BCUT2D eigenvalue weighted by molar-refractivity contribution is 1.34. The second kappa shape index (κ2) is 3.19. The van der Waals surface area contributed by atoms with Crippen molar-refractivity contribution >= 4 is 5.71 Å². The molecule has 0 aliphatic rings. The van der Waals surface area contributed by atoms with Gasteiger partial charge in [-0.1, -0.05) is 12.7 Å². The van der Waals surface area contributed by atoms with Gasteiger partial charge in [0.25, 0.3) is 0 Å². The smallest absolute Gasteiger partial charge is 0.0374 e. The van der Waals surface area contributed by atoms with Gasteiger partial charge in [0.15, 0.2) is 0 Å². The van der Waals surface area contributed by atoms with Crippen molar-refractivity contribution in [1.29, 1.82) is 5.41 Å². The lowest BCUT2D eigenvalue weighted by atomic mass is 10.1. The number of hydrogen-bond donors (Lipinski definition) is 1. The third-order valence-corrected chi connectivity index (χ3v) is 0.864. The third kappa shape index (κ3) is 2.35. The highest BCUT2D eigenvalue weighted by Crippen LogP contribution is 1.94. The van der Waals surface area contributed by atoms with Gasteiger partial charge < -0.3 is 5.41 Å². The lowest BCUT2D eigenvalue weighted by Gasteiger charge is -1.94. The average Bonchev–Trinajstić information content (AvgIpc) is 1.67. The minimum atomic E-state index is 0.569. The molecule has 0 atom stereocenters. The van der Waals surface area contributed by atoms with Crippen molar-refractivity contribution in [3.63, 3.8) is 0 Å². The lowest BCUT2D eigenvalue weighted by Crippen LogP contribution is -1.92. The molecule has 0 unspecified atom stereocenters. The molecule has 8 heavy (non-hydrogen) atoms. The zero-order chi connectivity index (χ0) is 6.57. The van der Waals surface area contributed by atoms with Gasteiger partial charge in [0.1, 0.15) is 0 Å². The van der Waals surface area contributed by atoms with Crippen molar-refractivity contribution < 1.29 is 0 Å². The van der Waals surface area contributed by atoms with Crippen molar-refractivity contribution in [2.24, 2.45) is 0 Å². The molecule has 0 rings (SSSR count). The van der Waals surface area contributed by atoms with Crippen LogP contribution in [0.25, 0.3) is 0 Å². The van der Waals surface area contributed by atoms with E-state index in [1.165, 1.54) is 0 Å². The fraction of sp³-hybridized carbons (Fsp3) is 0.286. The summed E-state index contributed by atoms with van der Waals surface area (Å²) in [7, 11) is 0. The van der Waals surface area contributed by atoms with Crippen LogP contribution >= 0.6 is 0 Å². The van der Waals surface area contributed by atoms with E-state index in [2.05, 4.69) is 13.2 Å². The molecule has 0 radical (unpaired) electrons. The van der Waals surface area contributed by atoms with Gasteiger partial charge in [-0.3, -0.25) is 0 Å². The topological polar surface area (TPSA) is 23.9 Å². The highest BCUT2D eigenvalue weighted by Gasteiger charge is 1.90. The van der Waals surface area contributed by atoms with Gasteiger partial charge >= 0.3 is 0 Å². The van der Waals surface area contributed by atoms with Gasteiger partial charge in [-0.05, 0) is 12.5 Å².